The summed E-state index contributed by atoms with van der Waals surface area (Å²) < 4.78 is 28.0. The quantitative estimate of drug-likeness (QED) is 0.406. The molecule has 3 heterocycles. The summed E-state index contributed by atoms with van der Waals surface area (Å²) >= 11 is 2.24. The van der Waals surface area contributed by atoms with Crippen LogP contribution in [0.25, 0.3) is 0 Å². The van der Waals surface area contributed by atoms with Crippen molar-refractivity contribution < 1.29 is 18.4 Å². The van der Waals surface area contributed by atoms with Gasteiger partial charge in [-0.1, -0.05) is 6.07 Å². The molecule has 5 rings (SSSR count). The molecule has 7 nitrogen and oxygen atoms in total. The Hall–Kier alpha value is -2.50. The number of hydrazine groups is 1. The molecular weight excluding hydrogens is 567 g/mol. The first-order valence-corrected chi connectivity index (χ1v) is 13.1. The Morgan fingerprint density at radius 3 is 2.20 bits per heavy atom. The van der Waals surface area contributed by atoms with Crippen molar-refractivity contribution in [2.24, 2.45) is 5.41 Å². The fourth-order valence-electron chi connectivity index (χ4n) is 4.89. The van der Waals surface area contributed by atoms with E-state index < -0.39 is 17.7 Å². The molecule has 2 aromatic rings. The highest BCUT2D eigenvalue weighted by Crippen LogP contribution is 2.54. The SMILES string of the molecule is O=C(NNC(=O)c1ccc(I)cc1N1CCC2(CC1)CC2)c1cccc(N2CCC(F)(F)CC2)n1. The summed E-state index contributed by atoms with van der Waals surface area (Å²) in [6.45, 7) is 2.20. The summed E-state index contributed by atoms with van der Waals surface area (Å²) in [5.74, 6) is -3.15. The molecule has 10 heteroatoms. The summed E-state index contributed by atoms with van der Waals surface area (Å²) in [6, 6.07) is 10.6. The van der Waals surface area contributed by atoms with Gasteiger partial charge in [0.25, 0.3) is 17.7 Å². The number of benzene rings is 1. The van der Waals surface area contributed by atoms with Gasteiger partial charge < -0.3 is 9.80 Å². The first-order chi connectivity index (χ1) is 16.7. The molecule has 2 saturated heterocycles. The van der Waals surface area contributed by atoms with Crippen LogP contribution in [-0.4, -0.2) is 48.9 Å². The van der Waals surface area contributed by atoms with Gasteiger partial charge in [0.2, 0.25) is 0 Å². The van der Waals surface area contributed by atoms with E-state index in [0.29, 0.717) is 16.8 Å². The number of hydrogen-bond donors (Lipinski definition) is 2. The summed E-state index contributed by atoms with van der Waals surface area (Å²) in [5.41, 5.74) is 6.98. The number of aromatic nitrogens is 1. The molecule has 1 aromatic heterocycles. The predicted octanol–water partition coefficient (Wildman–Crippen LogP) is 4.38. The maximum Gasteiger partial charge on any atom is 0.288 e. The van der Waals surface area contributed by atoms with Crippen LogP contribution in [0, 0.1) is 8.99 Å². The number of rotatable bonds is 4. The normalized spacial score (nSPS) is 20.4. The van der Waals surface area contributed by atoms with Gasteiger partial charge in [-0.15, -0.1) is 0 Å². The molecule has 186 valence electrons. The van der Waals surface area contributed by atoms with E-state index in [-0.39, 0.29) is 31.6 Å². The minimum Gasteiger partial charge on any atom is -0.371 e. The number of carbonyl (C=O) groups is 2. The van der Waals surface area contributed by atoms with E-state index in [1.165, 1.54) is 18.9 Å². The second kappa shape index (κ2) is 9.51. The number of carbonyl (C=O) groups excluding carboxylic acids is 2. The van der Waals surface area contributed by atoms with E-state index in [1.807, 2.05) is 12.1 Å². The Labute approximate surface area is 216 Å². The van der Waals surface area contributed by atoms with E-state index in [1.54, 1.807) is 23.1 Å². The third kappa shape index (κ3) is 5.52. The van der Waals surface area contributed by atoms with Crippen LogP contribution in [0.4, 0.5) is 20.3 Å². The number of nitrogens with zero attached hydrogens (tertiary/aromatic N) is 3. The molecule has 0 radical (unpaired) electrons. The third-order valence-corrected chi connectivity index (χ3v) is 8.07. The minimum atomic E-state index is -2.66. The number of piperidine rings is 2. The lowest BCUT2D eigenvalue weighted by atomic mass is 9.93. The second-order valence-electron chi connectivity index (χ2n) is 9.78. The third-order valence-electron chi connectivity index (χ3n) is 7.40. The van der Waals surface area contributed by atoms with Crippen molar-refractivity contribution in [1.82, 2.24) is 15.8 Å². The van der Waals surface area contributed by atoms with E-state index in [9.17, 15) is 18.4 Å². The van der Waals surface area contributed by atoms with Crippen LogP contribution in [0.2, 0.25) is 0 Å². The van der Waals surface area contributed by atoms with Gasteiger partial charge in [0.15, 0.2) is 0 Å². The van der Waals surface area contributed by atoms with E-state index in [4.69, 9.17) is 0 Å². The van der Waals surface area contributed by atoms with Crippen LogP contribution in [0.5, 0.6) is 0 Å². The molecule has 0 bridgehead atoms. The predicted molar refractivity (Wildman–Crippen MR) is 138 cm³/mol. The molecule has 1 aromatic carbocycles. The number of alkyl halides is 2. The number of anilines is 2. The van der Waals surface area contributed by atoms with Gasteiger partial charge in [-0.05, 0) is 84.0 Å². The fraction of sp³-hybridized carbons (Fsp3) is 0.480. The topological polar surface area (TPSA) is 77.6 Å². The molecule has 35 heavy (non-hydrogen) atoms. The van der Waals surface area contributed by atoms with Crippen molar-refractivity contribution in [3.63, 3.8) is 0 Å². The number of hydrogen-bond acceptors (Lipinski definition) is 5. The summed E-state index contributed by atoms with van der Waals surface area (Å²) in [5, 5.41) is 0. The standard InChI is InChI=1S/C25H28F2IN5O2/c26-25(27)10-14-33(15-11-25)21-3-1-2-19(29-21)23(35)31-30-22(34)18-5-4-17(28)16-20(18)32-12-8-24(6-7-24)9-13-32/h1-5,16H,6-15H2,(H,30,34)(H,31,35). The summed E-state index contributed by atoms with van der Waals surface area (Å²) in [6.07, 6.45) is 4.44. The van der Waals surface area contributed by atoms with Gasteiger partial charge in [0.05, 0.1) is 11.3 Å². The zero-order valence-corrected chi connectivity index (χ0v) is 21.5. The Morgan fingerprint density at radius 1 is 0.857 bits per heavy atom. The molecule has 3 aliphatic rings. The molecule has 0 unspecified atom stereocenters. The Balaban J connectivity index is 1.23. The van der Waals surface area contributed by atoms with Crippen LogP contribution in [0.15, 0.2) is 36.4 Å². The highest BCUT2D eigenvalue weighted by molar-refractivity contribution is 14.1. The van der Waals surface area contributed by atoms with Crippen molar-refractivity contribution in [2.45, 2.75) is 44.4 Å². The van der Waals surface area contributed by atoms with Gasteiger partial charge in [-0.2, -0.15) is 0 Å². The number of amides is 2. The van der Waals surface area contributed by atoms with Crippen LogP contribution in [0.3, 0.4) is 0 Å². The molecule has 1 aliphatic carbocycles. The second-order valence-corrected chi connectivity index (χ2v) is 11.0. The lowest BCUT2D eigenvalue weighted by molar-refractivity contribution is -0.0221. The van der Waals surface area contributed by atoms with Gasteiger partial charge in [-0.3, -0.25) is 20.4 Å². The number of pyridine rings is 1. The molecule has 2 aliphatic heterocycles. The zero-order valence-electron chi connectivity index (χ0n) is 19.3. The van der Waals surface area contributed by atoms with Crippen molar-refractivity contribution in [3.05, 3.63) is 51.2 Å². The Morgan fingerprint density at radius 2 is 1.51 bits per heavy atom. The lowest BCUT2D eigenvalue weighted by Gasteiger charge is -2.35. The zero-order chi connectivity index (χ0) is 24.6. The van der Waals surface area contributed by atoms with Crippen LogP contribution < -0.4 is 20.7 Å². The molecular formula is C25H28F2IN5O2. The van der Waals surface area contributed by atoms with Crippen molar-refractivity contribution in [3.8, 4) is 0 Å². The lowest BCUT2D eigenvalue weighted by Crippen LogP contribution is -2.43. The molecule has 1 saturated carbocycles. The van der Waals surface area contributed by atoms with Crippen molar-refractivity contribution >= 4 is 45.9 Å². The van der Waals surface area contributed by atoms with Crippen LogP contribution in [-0.2, 0) is 0 Å². The first kappa shape index (κ1) is 24.2. The monoisotopic (exact) mass is 595 g/mol. The summed E-state index contributed by atoms with van der Waals surface area (Å²) in [7, 11) is 0. The average Bonchev–Trinajstić information content (AvgIpc) is 3.61. The van der Waals surface area contributed by atoms with Gasteiger partial charge in [0.1, 0.15) is 11.5 Å². The van der Waals surface area contributed by atoms with E-state index in [2.05, 4.69) is 43.3 Å². The van der Waals surface area contributed by atoms with E-state index >= 15 is 0 Å². The smallest absolute Gasteiger partial charge is 0.288 e. The molecule has 2 N–H and O–H groups in total. The Kier molecular flexibility index (Phi) is 6.58. The number of halogens is 3. The maximum atomic E-state index is 13.5. The van der Waals surface area contributed by atoms with Crippen LogP contribution in [0.1, 0.15) is 59.4 Å². The maximum absolute atomic E-state index is 13.5. The highest BCUT2D eigenvalue weighted by atomic mass is 127. The van der Waals surface area contributed by atoms with Gasteiger partial charge in [0, 0.05) is 42.6 Å². The highest BCUT2D eigenvalue weighted by Gasteiger charge is 2.44. The fourth-order valence-corrected chi connectivity index (χ4v) is 5.37. The molecule has 0 atom stereocenters. The minimum absolute atomic E-state index is 0.105. The molecule has 3 fully saturated rings. The number of nitrogens with one attached hydrogen (secondary N) is 2. The largest absolute Gasteiger partial charge is 0.371 e. The van der Waals surface area contributed by atoms with Crippen molar-refractivity contribution in [2.75, 3.05) is 36.0 Å². The average molecular weight is 595 g/mol. The van der Waals surface area contributed by atoms with E-state index in [0.717, 1.165) is 35.2 Å². The first-order valence-electron chi connectivity index (χ1n) is 12.0. The molecule has 2 amide bonds. The summed E-state index contributed by atoms with van der Waals surface area (Å²) in [4.78, 5) is 34.0. The van der Waals surface area contributed by atoms with Crippen LogP contribution >= 0.6 is 22.6 Å². The van der Waals surface area contributed by atoms with Gasteiger partial charge >= 0.3 is 0 Å². The Bertz CT molecular complexity index is 1120. The molecule has 1 spiro atoms. The van der Waals surface area contributed by atoms with Gasteiger partial charge in [-0.25, -0.2) is 13.8 Å². The van der Waals surface area contributed by atoms with Crippen molar-refractivity contribution in [1.29, 1.82) is 0 Å².